The highest BCUT2D eigenvalue weighted by atomic mass is 19.4. The van der Waals surface area contributed by atoms with Crippen LogP contribution in [0.1, 0.15) is 28.7 Å². The maximum atomic E-state index is 12.8. The van der Waals surface area contributed by atoms with E-state index in [1.807, 2.05) is 0 Å². The third-order valence-electron chi connectivity index (χ3n) is 2.98. The minimum absolute atomic E-state index is 0.0570. The van der Waals surface area contributed by atoms with Crippen molar-refractivity contribution in [1.29, 1.82) is 0 Å². The zero-order chi connectivity index (χ0) is 16.9. The van der Waals surface area contributed by atoms with Gasteiger partial charge >= 0.3 is 6.18 Å². The van der Waals surface area contributed by atoms with Gasteiger partial charge in [-0.1, -0.05) is 41.6 Å². The first kappa shape index (κ1) is 16.9. The largest absolute Gasteiger partial charge is 0.416 e. The van der Waals surface area contributed by atoms with Crippen molar-refractivity contribution in [2.45, 2.75) is 19.2 Å². The van der Waals surface area contributed by atoms with Crippen LogP contribution in [0.25, 0.3) is 0 Å². The summed E-state index contributed by atoms with van der Waals surface area (Å²) in [6.45, 7) is -0.374. The Morgan fingerprint density at radius 2 is 1.78 bits per heavy atom. The summed E-state index contributed by atoms with van der Waals surface area (Å²) in [6.07, 6.45) is -5.92. The fraction of sp³-hybridized carbons (Fsp3) is 0.188. The van der Waals surface area contributed by atoms with E-state index in [0.29, 0.717) is 5.56 Å². The van der Waals surface area contributed by atoms with Crippen molar-refractivity contribution in [3.8, 4) is 0 Å². The molecule has 2 rings (SSSR count). The lowest BCUT2D eigenvalue weighted by molar-refractivity contribution is -0.138. The molecule has 0 aliphatic rings. The van der Waals surface area contributed by atoms with Gasteiger partial charge in [0.1, 0.15) is 6.61 Å². The molecule has 0 aliphatic carbocycles. The van der Waals surface area contributed by atoms with Crippen LogP contribution in [0, 0.1) is 0 Å². The Hall–Kier alpha value is -2.44. The molecular weight excluding hydrogens is 317 g/mol. The second-order valence-electron chi connectivity index (χ2n) is 4.63. The third kappa shape index (κ3) is 4.77. The number of rotatable bonds is 5. The summed E-state index contributed by atoms with van der Waals surface area (Å²) in [4.78, 5) is 4.84. The number of oxime groups is 1. The van der Waals surface area contributed by atoms with Gasteiger partial charge in [-0.2, -0.15) is 13.2 Å². The Kier molecular flexibility index (Phi) is 5.31. The smallest absolute Gasteiger partial charge is 0.391 e. The molecule has 0 amide bonds. The molecule has 0 saturated carbocycles. The summed E-state index contributed by atoms with van der Waals surface area (Å²) in [5.41, 5.74) is -0.656. The first-order valence-corrected chi connectivity index (χ1v) is 6.56. The topological polar surface area (TPSA) is 21.6 Å². The van der Waals surface area contributed by atoms with Crippen molar-refractivity contribution < 1.29 is 26.8 Å². The van der Waals surface area contributed by atoms with Crippen LogP contribution in [0.3, 0.4) is 0 Å². The summed E-state index contributed by atoms with van der Waals surface area (Å²) in [7, 11) is 0. The zero-order valence-corrected chi connectivity index (χ0v) is 11.7. The van der Waals surface area contributed by atoms with E-state index in [9.17, 15) is 22.0 Å². The number of alkyl halides is 5. The predicted octanol–water partition coefficient (Wildman–Crippen LogP) is 5.19. The molecule has 0 N–H and O–H groups in total. The minimum Gasteiger partial charge on any atom is -0.391 e. The van der Waals surface area contributed by atoms with E-state index in [4.69, 9.17) is 4.84 Å². The summed E-state index contributed by atoms with van der Waals surface area (Å²) in [6, 6.07) is 10.4. The lowest BCUT2D eigenvalue weighted by Crippen LogP contribution is -2.09. The van der Waals surface area contributed by atoms with Gasteiger partial charge in [0.05, 0.1) is 11.8 Å². The predicted molar refractivity (Wildman–Crippen MR) is 75.2 cm³/mol. The van der Waals surface area contributed by atoms with E-state index in [0.717, 1.165) is 6.07 Å². The molecule has 23 heavy (non-hydrogen) atoms. The molecule has 122 valence electrons. The Labute approximate surface area is 129 Å². The fourth-order valence-electron chi connectivity index (χ4n) is 1.90. The second kappa shape index (κ2) is 7.21. The third-order valence-corrected chi connectivity index (χ3v) is 2.98. The van der Waals surface area contributed by atoms with Crippen molar-refractivity contribution in [1.82, 2.24) is 0 Å². The van der Waals surface area contributed by atoms with Crippen molar-refractivity contribution in [3.05, 3.63) is 70.8 Å². The Bertz CT molecular complexity index is 682. The molecule has 0 unspecified atom stereocenters. The van der Waals surface area contributed by atoms with Crippen LogP contribution in [-0.2, 0) is 17.6 Å². The highest BCUT2D eigenvalue weighted by Gasteiger charge is 2.32. The molecule has 0 aromatic heterocycles. The number of hydrogen-bond acceptors (Lipinski definition) is 2. The summed E-state index contributed by atoms with van der Waals surface area (Å²) in [5.74, 6) is 0. The lowest BCUT2D eigenvalue weighted by atomic mass is 10.1. The van der Waals surface area contributed by atoms with Crippen LogP contribution in [0.15, 0.2) is 53.7 Å². The number of nitrogens with zero attached hydrogens (tertiary/aromatic N) is 1. The quantitative estimate of drug-likeness (QED) is 0.420. The summed E-state index contributed by atoms with van der Waals surface area (Å²) < 4.78 is 63.4. The van der Waals surface area contributed by atoms with Crippen LogP contribution in [-0.4, -0.2) is 6.21 Å². The van der Waals surface area contributed by atoms with E-state index >= 15 is 0 Å². The van der Waals surface area contributed by atoms with Crippen LogP contribution in [0.5, 0.6) is 0 Å². The van der Waals surface area contributed by atoms with Gasteiger partial charge in [0.15, 0.2) is 0 Å². The molecule has 0 fully saturated rings. The van der Waals surface area contributed by atoms with E-state index < -0.39 is 18.2 Å². The molecule has 2 aromatic rings. The molecular formula is C16H12F5NO. The van der Waals surface area contributed by atoms with Gasteiger partial charge in [-0.25, -0.2) is 8.78 Å². The highest BCUT2D eigenvalue weighted by molar-refractivity contribution is 5.79. The fourth-order valence-corrected chi connectivity index (χ4v) is 1.90. The Morgan fingerprint density at radius 3 is 2.48 bits per heavy atom. The molecule has 2 nitrogen and oxygen atoms in total. The average Bonchev–Trinajstić information content (AvgIpc) is 2.51. The van der Waals surface area contributed by atoms with Gasteiger partial charge in [-0.05, 0) is 17.7 Å². The van der Waals surface area contributed by atoms with Gasteiger partial charge in [-0.3, -0.25) is 0 Å². The monoisotopic (exact) mass is 329 g/mol. The molecule has 0 atom stereocenters. The average molecular weight is 329 g/mol. The van der Waals surface area contributed by atoms with Crippen molar-refractivity contribution >= 4 is 6.21 Å². The molecule has 0 saturated heterocycles. The molecule has 2 aromatic carbocycles. The van der Waals surface area contributed by atoms with Crippen LogP contribution in [0.4, 0.5) is 22.0 Å². The first-order valence-electron chi connectivity index (χ1n) is 6.56. The van der Waals surface area contributed by atoms with Crippen LogP contribution in [0.2, 0.25) is 0 Å². The number of hydrogen-bond donors (Lipinski definition) is 0. The second-order valence-corrected chi connectivity index (χ2v) is 4.63. The first-order chi connectivity index (χ1) is 10.9. The normalized spacial score (nSPS) is 12.1. The summed E-state index contributed by atoms with van der Waals surface area (Å²) in [5, 5.41) is 3.52. The summed E-state index contributed by atoms with van der Waals surface area (Å²) >= 11 is 0. The molecule has 7 heteroatoms. The van der Waals surface area contributed by atoms with Crippen molar-refractivity contribution in [2.24, 2.45) is 5.16 Å². The maximum Gasteiger partial charge on any atom is 0.416 e. The highest BCUT2D eigenvalue weighted by Crippen LogP contribution is 2.32. The van der Waals surface area contributed by atoms with Crippen LogP contribution >= 0.6 is 0 Å². The Morgan fingerprint density at radius 1 is 1.04 bits per heavy atom. The van der Waals surface area contributed by atoms with E-state index in [1.54, 1.807) is 0 Å². The molecule has 0 heterocycles. The van der Waals surface area contributed by atoms with E-state index in [2.05, 4.69) is 5.16 Å². The maximum absolute atomic E-state index is 12.8. The molecule has 0 aliphatic heterocycles. The van der Waals surface area contributed by atoms with Gasteiger partial charge < -0.3 is 4.84 Å². The van der Waals surface area contributed by atoms with Gasteiger partial charge in [0.25, 0.3) is 6.43 Å². The lowest BCUT2D eigenvalue weighted by Gasteiger charge is -2.11. The van der Waals surface area contributed by atoms with Gasteiger partial charge in [0, 0.05) is 11.1 Å². The van der Waals surface area contributed by atoms with Gasteiger partial charge in [0.2, 0.25) is 0 Å². The number of halogens is 5. The van der Waals surface area contributed by atoms with E-state index in [1.165, 1.54) is 48.7 Å². The Balaban J connectivity index is 2.02. The van der Waals surface area contributed by atoms with Gasteiger partial charge in [-0.15, -0.1) is 0 Å². The molecule has 0 radical (unpaired) electrons. The van der Waals surface area contributed by atoms with E-state index in [-0.39, 0.29) is 17.7 Å². The van der Waals surface area contributed by atoms with Crippen molar-refractivity contribution in [2.75, 3.05) is 0 Å². The van der Waals surface area contributed by atoms with Crippen molar-refractivity contribution in [3.63, 3.8) is 0 Å². The molecule has 0 spiro atoms. The zero-order valence-electron chi connectivity index (χ0n) is 11.7. The number of benzene rings is 2. The minimum atomic E-state index is -4.48. The SMILES string of the molecule is FC(F)c1cccc(C=NOCc2ccccc2C(F)(F)F)c1. The molecule has 0 bridgehead atoms. The standard InChI is InChI=1S/C16H12F5NO/c17-15(18)12-6-3-4-11(8-12)9-22-23-10-13-5-1-2-7-14(13)16(19,20)21/h1-9,15H,10H2. The van der Waals surface area contributed by atoms with Crippen LogP contribution < -0.4 is 0 Å².